The van der Waals surface area contributed by atoms with Crippen LogP contribution in [0, 0.1) is 17.3 Å². The first-order valence-electron chi connectivity index (χ1n) is 12.3. The van der Waals surface area contributed by atoms with Gasteiger partial charge in [0.05, 0.1) is 46.1 Å². The van der Waals surface area contributed by atoms with E-state index in [0.29, 0.717) is 29.2 Å². The number of carbonyl (C=O) groups is 3. The first kappa shape index (κ1) is 24.9. The highest BCUT2D eigenvalue weighted by Gasteiger charge is 2.72. The maximum absolute atomic E-state index is 13.6. The van der Waals surface area contributed by atoms with Crippen molar-refractivity contribution in [3.8, 4) is 11.3 Å². The first-order valence-corrected chi connectivity index (χ1v) is 13.1. The fourth-order valence-electron chi connectivity index (χ4n) is 5.63. The highest BCUT2D eigenvalue weighted by molar-refractivity contribution is 7.19. The molecular weight excluding hydrogens is 519 g/mol. The van der Waals surface area contributed by atoms with Gasteiger partial charge >= 0.3 is 6.18 Å². The summed E-state index contributed by atoms with van der Waals surface area (Å²) in [6.45, 7) is 4.96. The molecule has 3 fully saturated rings. The summed E-state index contributed by atoms with van der Waals surface area (Å²) in [5.74, 6) is -1.17. The van der Waals surface area contributed by atoms with Crippen LogP contribution in [0.25, 0.3) is 21.3 Å². The molecular formula is C26H24F3N5O3S. The average molecular weight is 544 g/mol. The molecule has 0 aromatic carbocycles. The number of fused-ring (bicyclic) bond motifs is 2. The second-order valence-corrected chi connectivity index (χ2v) is 11.7. The summed E-state index contributed by atoms with van der Waals surface area (Å²) in [7, 11) is 0. The van der Waals surface area contributed by atoms with Gasteiger partial charge in [-0.25, -0.2) is 0 Å². The topological polar surface area (TPSA) is 104 Å². The van der Waals surface area contributed by atoms with Crippen molar-refractivity contribution in [1.82, 2.24) is 25.5 Å². The zero-order chi connectivity index (χ0) is 27.0. The van der Waals surface area contributed by atoms with E-state index in [1.807, 2.05) is 19.9 Å². The minimum absolute atomic E-state index is 0.0882. The van der Waals surface area contributed by atoms with Crippen LogP contribution in [0.5, 0.6) is 0 Å². The van der Waals surface area contributed by atoms with Gasteiger partial charge in [-0.15, -0.1) is 11.3 Å². The Balaban J connectivity index is 1.38. The Bertz CT molecular complexity index is 1480. The van der Waals surface area contributed by atoms with E-state index in [1.165, 1.54) is 22.4 Å². The number of nitrogens with one attached hydrogen (secondary N) is 2. The van der Waals surface area contributed by atoms with E-state index in [9.17, 15) is 27.6 Å². The summed E-state index contributed by atoms with van der Waals surface area (Å²) in [4.78, 5) is 48.5. The minimum atomic E-state index is -4.61. The number of nitrogens with zero attached hydrogens (tertiary/aromatic N) is 3. The molecule has 3 aromatic rings. The maximum atomic E-state index is 13.6. The summed E-state index contributed by atoms with van der Waals surface area (Å²) < 4.78 is 41.5. The van der Waals surface area contributed by atoms with Gasteiger partial charge in [0.25, 0.3) is 0 Å². The number of alkyl halides is 3. The fraction of sp³-hybridized carbons (Fsp3) is 0.423. The van der Waals surface area contributed by atoms with Gasteiger partial charge in [0, 0.05) is 42.3 Å². The number of amides is 3. The molecule has 0 spiro atoms. The van der Waals surface area contributed by atoms with E-state index in [1.54, 1.807) is 6.07 Å². The zero-order valence-electron chi connectivity index (χ0n) is 20.6. The standard InChI is InChI=1S/C26H24F3N5O3S/c1-25(2)18-19(25)24(37)34(23(18)36)11-14-7-12-3-4-31-20(21(12)38-14)15-8-13(26(27,28)29)10-33-16(15)9-17-22(35)32-6-5-30-17/h3-4,7-8,10,17-19,30H,5-6,9,11H2,1-2H3,(H,32,35). The molecule has 2 saturated heterocycles. The van der Waals surface area contributed by atoms with Crippen LogP contribution in [0.3, 0.4) is 0 Å². The van der Waals surface area contributed by atoms with Crippen LogP contribution < -0.4 is 10.6 Å². The number of piperazine rings is 1. The van der Waals surface area contributed by atoms with Crippen molar-refractivity contribution < 1.29 is 27.6 Å². The predicted molar refractivity (Wildman–Crippen MR) is 133 cm³/mol. The van der Waals surface area contributed by atoms with Crippen LogP contribution in [0.1, 0.15) is 30.0 Å². The number of likely N-dealkylation sites (tertiary alicyclic amines) is 1. The highest BCUT2D eigenvalue weighted by atomic mass is 32.1. The molecule has 5 heterocycles. The van der Waals surface area contributed by atoms with Gasteiger partial charge < -0.3 is 10.6 Å². The molecule has 3 atom stereocenters. The van der Waals surface area contributed by atoms with Crippen molar-refractivity contribution in [2.24, 2.45) is 17.3 Å². The van der Waals surface area contributed by atoms with Gasteiger partial charge in [-0.05, 0) is 29.0 Å². The van der Waals surface area contributed by atoms with Crippen molar-refractivity contribution in [2.45, 2.75) is 39.0 Å². The lowest BCUT2D eigenvalue weighted by molar-refractivity contribution is -0.143. The number of imide groups is 1. The van der Waals surface area contributed by atoms with Crippen molar-refractivity contribution in [1.29, 1.82) is 0 Å². The minimum Gasteiger partial charge on any atom is -0.353 e. The molecule has 0 bridgehead atoms. The largest absolute Gasteiger partial charge is 0.417 e. The predicted octanol–water partition coefficient (Wildman–Crippen LogP) is 3.15. The van der Waals surface area contributed by atoms with E-state index in [4.69, 9.17) is 0 Å². The Kier molecular flexibility index (Phi) is 5.62. The van der Waals surface area contributed by atoms with Gasteiger partial charge in [-0.2, -0.15) is 13.2 Å². The van der Waals surface area contributed by atoms with E-state index in [-0.39, 0.29) is 53.5 Å². The van der Waals surface area contributed by atoms with Gasteiger partial charge in [0.2, 0.25) is 17.7 Å². The molecule has 198 valence electrons. The summed E-state index contributed by atoms with van der Waals surface area (Å²) >= 11 is 1.28. The Morgan fingerprint density at radius 2 is 1.84 bits per heavy atom. The molecule has 2 aliphatic heterocycles. The van der Waals surface area contributed by atoms with Crippen LogP contribution in [0.15, 0.2) is 30.6 Å². The lowest BCUT2D eigenvalue weighted by Gasteiger charge is -2.24. The lowest BCUT2D eigenvalue weighted by atomic mass is 9.99. The number of aromatic nitrogens is 2. The van der Waals surface area contributed by atoms with Crippen LogP contribution in [-0.2, 0) is 33.5 Å². The van der Waals surface area contributed by atoms with Gasteiger partial charge in [-0.1, -0.05) is 13.8 Å². The highest BCUT2D eigenvalue weighted by Crippen LogP contribution is 2.63. The Morgan fingerprint density at radius 3 is 2.53 bits per heavy atom. The molecule has 6 rings (SSSR count). The normalized spacial score (nSPS) is 24.6. The van der Waals surface area contributed by atoms with Crippen molar-refractivity contribution in [3.05, 3.63) is 46.7 Å². The molecule has 1 aliphatic carbocycles. The average Bonchev–Trinajstić information content (AvgIpc) is 3.10. The van der Waals surface area contributed by atoms with Gasteiger partial charge in [0.1, 0.15) is 0 Å². The summed E-state index contributed by atoms with van der Waals surface area (Å²) in [6.07, 6.45) is -2.24. The Hall–Kier alpha value is -3.38. The smallest absolute Gasteiger partial charge is 0.353 e. The molecule has 3 amide bonds. The number of carbonyl (C=O) groups excluding carboxylic acids is 3. The summed E-state index contributed by atoms with van der Waals surface area (Å²) in [6, 6.07) is 3.96. The fourth-order valence-corrected chi connectivity index (χ4v) is 6.77. The molecule has 2 N–H and O–H groups in total. The van der Waals surface area contributed by atoms with Gasteiger partial charge in [0.15, 0.2) is 0 Å². The van der Waals surface area contributed by atoms with Gasteiger partial charge in [-0.3, -0.25) is 29.3 Å². The second kappa shape index (κ2) is 8.57. The number of piperidine rings is 1. The second-order valence-electron chi connectivity index (χ2n) is 10.5. The molecule has 3 aromatic heterocycles. The van der Waals surface area contributed by atoms with E-state index < -0.39 is 17.8 Å². The van der Waals surface area contributed by atoms with Crippen molar-refractivity contribution >= 4 is 39.1 Å². The van der Waals surface area contributed by atoms with E-state index in [2.05, 4.69) is 20.6 Å². The molecule has 12 heteroatoms. The molecule has 0 radical (unpaired) electrons. The van der Waals surface area contributed by atoms with Crippen LogP contribution in [0.2, 0.25) is 0 Å². The number of pyridine rings is 2. The monoisotopic (exact) mass is 543 g/mol. The lowest BCUT2D eigenvalue weighted by Crippen LogP contribution is -2.53. The number of hydrogen-bond acceptors (Lipinski definition) is 7. The van der Waals surface area contributed by atoms with Crippen LogP contribution in [0.4, 0.5) is 13.2 Å². The zero-order valence-corrected chi connectivity index (χ0v) is 21.4. The maximum Gasteiger partial charge on any atom is 0.417 e. The molecule has 38 heavy (non-hydrogen) atoms. The SMILES string of the molecule is CC1(C)C2C(=O)N(Cc3cc4ccnc(-c5cc(C(F)(F)F)cnc5CC5NCCNC5=O)c4s3)C(=O)C21. The number of thiophene rings is 1. The quantitative estimate of drug-likeness (QED) is 0.480. The van der Waals surface area contributed by atoms with E-state index in [0.717, 1.165) is 22.5 Å². The third kappa shape index (κ3) is 3.97. The molecule has 8 nitrogen and oxygen atoms in total. The summed E-state index contributed by atoms with van der Waals surface area (Å²) in [5.41, 5.74) is -0.404. The van der Waals surface area contributed by atoms with Crippen LogP contribution in [-0.4, -0.2) is 51.7 Å². The third-order valence-electron chi connectivity index (χ3n) is 7.77. The number of hydrogen-bond donors (Lipinski definition) is 2. The molecule has 3 unspecified atom stereocenters. The Labute approximate surface area is 219 Å². The summed E-state index contributed by atoms with van der Waals surface area (Å²) in [5, 5.41) is 6.57. The molecule has 1 saturated carbocycles. The van der Waals surface area contributed by atoms with Crippen molar-refractivity contribution in [3.63, 3.8) is 0 Å². The first-order chi connectivity index (χ1) is 18.0. The van der Waals surface area contributed by atoms with Crippen molar-refractivity contribution in [2.75, 3.05) is 13.1 Å². The molecule has 3 aliphatic rings. The number of rotatable bonds is 5. The Morgan fingerprint density at radius 1 is 1.11 bits per heavy atom. The number of halogens is 3. The third-order valence-corrected chi connectivity index (χ3v) is 8.91. The van der Waals surface area contributed by atoms with Crippen LogP contribution >= 0.6 is 11.3 Å². The van der Waals surface area contributed by atoms with E-state index >= 15 is 0 Å².